The smallest absolute Gasteiger partial charge is 0.192 e. The quantitative estimate of drug-likeness (QED) is 0.155. The summed E-state index contributed by atoms with van der Waals surface area (Å²) in [6.07, 6.45) is 2.89. The van der Waals surface area contributed by atoms with Crippen LogP contribution in [0.2, 0.25) is 0 Å². The lowest BCUT2D eigenvalue weighted by molar-refractivity contribution is 0.403. The minimum Gasteiger partial charge on any atom is -0.504 e. The van der Waals surface area contributed by atoms with Gasteiger partial charge in [0.2, 0.25) is 0 Å². The van der Waals surface area contributed by atoms with Crippen LogP contribution in [0.4, 0.5) is 11.6 Å². The number of aromatic nitrogens is 2. The lowest BCUT2D eigenvalue weighted by Crippen LogP contribution is -2.03. The molecule has 1 aromatic heterocycles. The number of rotatable bonds is 6. The van der Waals surface area contributed by atoms with Crippen LogP contribution < -0.4 is 10.9 Å². The van der Waals surface area contributed by atoms with Crippen molar-refractivity contribution in [2.75, 3.05) is 10.9 Å². The Morgan fingerprint density at radius 1 is 0.594 bits per heavy atom. The first-order valence-corrected chi connectivity index (χ1v) is 9.38. The van der Waals surface area contributed by atoms with E-state index in [2.05, 4.69) is 31.0 Å². The standard InChI is InChI=1S/C22H18N6O4/c29-17-7-5-13(9-19(17)31)11-23-27-21-22(26-16-4-2-1-3-15(16)25-21)28-24-12-14-6-8-18(30)20(32)10-14/h1-12,29-32H,(H,25,27)(H,26,28)/b23-11+,24-12+. The van der Waals surface area contributed by atoms with Crippen LogP contribution in [0.25, 0.3) is 11.0 Å². The Bertz CT molecular complexity index is 1240. The maximum atomic E-state index is 9.59. The lowest BCUT2D eigenvalue weighted by Gasteiger charge is -2.08. The van der Waals surface area contributed by atoms with E-state index in [1.165, 1.54) is 36.7 Å². The van der Waals surface area contributed by atoms with Crippen LogP contribution in [0.1, 0.15) is 11.1 Å². The molecular weight excluding hydrogens is 412 g/mol. The van der Waals surface area contributed by atoms with Gasteiger partial charge in [-0.15, -0.1) is 0 Å². The number of aromatic hydroxyl groups is 4. The summed E-state index contributed by atoms with van der Waals surface area (Å²) in [6, 6.07) is 15.9. The molecule has 0 unspecified atom stereocenters. The van der Waals surface area contributed by atoms with Crippen LogP contribution in [0.15, 0.2) is 70.9 Å². The molecule has 0 spiro atoms. The van der Waals surface area contributed by atoms with Crippen LogP contribution in [0.3, 0.4) is 0 Å². The fraction of sp³-hybridized carbons (Fsp3) is 0. The van der Waals surface area contributed by atoms with Gasteiger partial charge in [0.05, 0.1) is 23.5 Å². The van der Waals surface area contributed by atoms with Crippen molar-refractivity contribution in [3.8, 4) is 23.0 Å². The molecule has 0 amide bonds. The maximum Gasteiger partial charge on any atom is 0.192 e. The van der Waals surface area contributed by atoms with Crippen molar-refractivity contribution < 1.29 is 20.4 Å². The van der Waals surface area contributed by atoms with Crippen molar-refractivity contribution >= 4 is 35.1 Å². The van der Waals surface area contributed by atoms with Gasteiger partial charge in [0.25, 0.3) is 0 Å². The third kappa shape index (κ3) is 4.65. The zero-order chi connectivity index (χ0) is 22.5. The molecule has 0 saturated heterocycles. The number of para-hydroxylation sites is 2. The lowest BCUT2D eigenvalue weighted by atomic mass is 10.2. The Morgan fingerprint density at radius 3 is 1.44 bits per heavy atom. The van der Waals surface area contributed by atoms with Gasteiger partial charge >= 0.3 is 0 Å². The normalized spacial score (nSPS) is 11.4. The van der Waals surface area contributed by atoms with Crippen molar-refractivity contribution in [1.82, 2.24) is 9.97 Å². The number of phenols is 4. The van der Waals surface area contributed by atoms with Gasteiger partial charge in [-0.05, 0) is 59.7 Å². The second kappa shape index (κ2) is 8.88. The van der Waals surface area contributed by atoms with E-state index in [9.17, 15) is 20.4 Å². The highest BCUT2D eigenvalue weighted by molar-refractivity contribution is 5.84. The molecule has 32 heavy (non-hydrogen) atoms. The molecule has 10 heteroatoms. The van der Waals surface area contributed by atoms with Gasteiger partial charge in [-0.2, -0.15) is 10.2 Å². The van der Waals surface area contributed by atoms with Crippen molar-refractivity contribution in [3.05, 3.63) is 71.8 Å². The number of anilines is 2. The van der Waals surface area contributed by atoms with E-state index in [-0.39, 0.29) is 23.0 Å². The summed E-state index contributed by atoms with van der Waals surface area (Å²) in [6.45, 7) is 0. The van der Waals surface area contributed by atoms with E-state index in [1.807, 2.05) is 24.3 Å². The zero-order valence-electron chi connectivity index (χ0n) is 16.5. The molecule has 0 saturated carbocycles. The second-order valence-electron chi connectivity index (χ2n) is 6.65. The number of phenolic OH excluding ortho intramolecular Hbond substituents is 4. The van der Waals surface area contributed by atoms with Gasteiger partial charge in [0, 0.05) is 0 Å². The van der Waals surface area contributed by atoms with Crippen molar-refractivity contribution in [2.45, 2.75) is 0 Å². The molecule has 3 aromatic carbocycles. The zero-order valence-corrected chi connectivity index (χ0v) is 16.5. The number of benzene rings is 3. The third-order valence-corrected chi connectivity index (χ3v) is 4.34. The van der Waals surface area contributed by atoms with E-state index < -0.39 is 0 Å². The average Bonchev–Trinajstić information content (AvgIpc) is 2.78. The second-order valence-corrected chi connectivity index (χ2v) is 6.65. The highest BCUT2D eigenvalue weighted by atomic mass is 16.3. The predicted molar refractivity (Wildman–Crippen MR) is 122 cm³/mol. The Balaban J connectivity index is 1.58. The summed E-state index contributed by atoms with van der Waals surface area (Å²) in [4.78, 5) is 9.01. The first-order valence-electron chi connectivity index (χ1n) is 9.38. The van der Waals surface area contributed by atoms with E-state index >= 15 is 0 Å². The van der Waals surface area contributed by atoms with Gasteiger partial charge in [-0.3, -0.25) is 10.9 Å². The molecule has 160 valence electrons. The molecule has 10 nitrogen and oxygen atoms in total. The molecule has 0 fully saturated rings. The van der Waals surface area contributed by atoms with E-state index in [0.717, 1.165) is 0 Å². The Morgan fingerprint density at radius 2 is 1.03 bits per heavy atom. The van der Waals surface area contributed by atoms with Crippen LogP contribution in [0.5, 0.6) is 23.0 Å². The SMILES string of the molecule is Oc1ccc(/C=N/Nc2nc3ccccc3nc2N/N=C/c2ccc(O)c(O)c2)cc1O. The highest BCUT2D eigenvalue weighted by Crippen LogP contribution is 2.25. The van der Waals surface area contributed by atoms with Gasteiger partial charge in [0.15, 0.2) is 34.6 Å². The first kappa shape index (κ1) is 20.4. The molecule has 4 rings (SSSR count). The third-order valence-electron chi connectivity index (χ3n) is 4.34. The number of hydrazone groups is 2. The monoisotopic (exact) mass is 430 g/mol. The molecule has 1 heterocycles. The largest absolute Gasteiger partial charge is 0.504 e. The van der Waals surface area contributed by atoms with Crippen molar-refractivity contribution in [1.29, 1.82) is 0 Å². The molecule has 0 aliphatic carbocycles. The van der Waals surface area contributed by atoms with Gasteiger partial charge in [-0.25, -0.2) is 9.97 Å². The maximum absolute atomic E-state index is 9.59. The van der Waals surface area contributed by atoms with Gasteiger partial charge < -0.3 is 20.4 Å². The molecule has 0 bridgehead atoms. The van der Waals surface area contributed by atoms with E-state index in [1.54, 1.807) is 12.1 Å². The fourth-order valence-corrected chi connectivity index (χ4v) is 2.73. The molecule has 6 N–H and O–H groups in total. The summed E-state index contributed by atoms with van der Waals surface area (Å²) in [5.74, 6) is -0.348. The summed E-state index contributed by atoms with van der Waals surface area (Å²) >= 11 is 0. The molecule has 0 atom stereocenters. The molecular formula is C22H18N6O4. The number of nitrogens with zero attached hydrogens (tertiary/aromatic N) is 4. The molecule has 0 radical (unpaired) electrons. The topological polar surface area (TPSA) is 155 Å². The summed E-state index contributed by atoms with van der Waals surface area (Å²) in [7, 11) is 0. The van der Waals surface area contributed by atoms with Gasteiger partial charge in [-0.1, -0.05) is 12.1 Å². The fourth-order valence-electron chi connectivity index (χ4n) is 2.73. The van der Waals surface area contributed by atoms with Crippen LogP contribution >= 0.6 is 0 Å². The van der Waals surface area contributed by atoms with Crippen molar-refractivity contribution in [2.24, 2.45) is 10.2 Å². The van der Waals surface area contributed by atoms with E-state index in [4.69, 9.17) is 0 Å². The Labute approximate surface area is 181 Å². The Hall–Kier alpha value is -4.86. The van der Waals surface area contributed by atoms with Crippen LogP contribution in [-0.4, -0.2) is 42.8 Å². The van der Waals surface area contributed by atoms with E-state index in [0.29, 0.717) is 33.8 Å². The number of hydrogen-bond donors (Lipinski definition) is 6. The number of fused-ring (bicyclic) bond motifs is 1. The first-order chi connectivity index (χ1) is 15.5. The molecule has 0 aliphatic rings. The Kier molecular flexibility index (Phi) is 5.66. The van der Waals surface area contributed by atoms with Crippen LogP contribution in [0, 0.1) is 0 Å². The molecule has 4 aromatic rings. The van der Waals surface area contributed by atoms with Crippen LogP contribution in [-0.2, 0) is 0 Å². The summed E-state index contributed by atoms with van der Waals surface area (Å²) < 4.78 is 0. The van der Waals surface area contributed by atoms with Gasteiger partial charge in [0.1, 0.15) is 0 Å². The number of nitrogens with one attached hydrogen (secondary N) is 2. The summed E-state index contributed by atoms with van der Waals surface area (Å²) in [5, 5.41) is 46.2. The summed E-state index contributed by atoms with van der Waals surface area (Å²) in [5.41, 5.74) is 7.99. The van der Waals surface area contributed by atoms with Crippen molar-refractivity contribution in [3.63, 3.8) is 0 Å². The highest BCUT2D eigenvalue weighted by Gasteiger charge is 2.08. The average molecular weight is 430 g/mol. The molecule has 0 aliphatic heterocycles. The predicted octanol–water partition coefficient (Wildman–Crippen LogP) is 3.34. The number of hydrogen-bond acceptors (Lipinski definition) is 10. The minimum absolute atomic E-state index is 0.221. The minimum atomic E-state index is -0.253.